The Bertz CT molecular complexity index is 1090. The number of carbonyl (C=O) groups is 2. The van der Waals surface area contributed by atoms with Crippen LogP contribution in [0.1, 0.15) is 24.0 Å². The minimum atomic E-state index is -0.621. The van der Waals surface area contributed by atoms with Crippen LogP contribution in [0.15, 0.2) is 66.9 Å². The zero-order valence-corrected chi connectivity index (χ0v) is 18.7. The highest BCUT2D eigenvalue weighted by atomic mass is 16.2. The van der Waals surface area contributed by atoms with Gasteiger partial charge in [-0.1, -0.05) is 48.5 Å². The second kappa shape index (κ2) is 11.0. The normalized spacial score (nSPS) is 18.7. The van der Waals surface area contributed by atoms with Gasteiger partial charge in [0.2, 0.25) is 11.8 Å². The molecule has 172 valence electrons. The van der Waals surface area contributed by atoms with Gasteiger partial charge in [-0.15, -0.1) is 0 Å². The summed E-state index contributed by atoms with van der Waals surface area (Å²) < 4.78 is 0. The Morgan fingerprint density at radius 1 is 1.09 bits per heavy atom. The molecule has 33 heavy (non-hydrogen) atoms. The Morgan fingerprint density at radius 2 is 1.88 bits per heavy atom. The monoisotopic (exact) mass is 445 g/mol. The Kier molecular flexibility index (Phi) is 7.65. The number of hydrogen-bond donors (Lipinski definition) is 4. The lowest BCUT2D eigenvalue weighted by molar-refractivity contribution is -0.130. The molecule has 1 saturated heterocycles. The van der Waals surface area contributed by atoms with E-state index < -0.39 is 6.04 Å². The minimum Gasteiger partial charge on any atom is -0.350 e. The van der Waals surface area contributed by atoms with E-state index in [9.17, 15) is 9.59 Å². The van der Waals surface area contributed by atoms with Gasteiger partial charge < -0.3 is 21.7 Å². The number of rotatable bonds is 9. The van der Waals surface area contributed by atoms with Gasteiger partial charge in [-0.2, -0.15) is 0 Å². The molecule has 5 N–H and O–H groups in total. The number of nitrogens with one attached hydrogen (secondary N) is 3. The van der Waals surface area contributed by atoms with Crippen LogP contribution >= 0.6 is 0 Å². The maximum Gasteiger partial charge on any atom is 0.242 e. The van der Waals surface area contributed by atoms with Crippen molar-refractivity contribution in [3.8, 4) is 0 Å². The first-order valence-corrected chi connectivity index (χ1v) is 11.5. The molecule has 7 heteroatoms. The molecule has 2 amide bonds. The molecule has 0 spiro atoms. The molecule has 1 aliphatic heterocycles. The first-order valence-electron chi connectivity index (χ1n) is 11.5. The highest BCUT2D eigenvalue weighted by molar-refractivity contribution is 5.90. The molecule has 0 aliphatic carbocycles. The molecule has 0 saturated carbocycles. The maximum absolute atomic E-state index is 13.1. The summed E-state index contributed by atoms with van der Waals surface area (Å²) in [6, 6.07) is 18.9. The van der Waals surface area contributed by atoms with Crippen molar-refractivity contribution in [3.05, 3.63) is 78.0 Å². The fourth-order valence-corrected chi connectivity index (χ4v) is 4.21. The van der Waals surface area contributed by atoms with Crippen LogP contribution < -0.4 is 21.7 Å². The van der Waals surface area contributed by atoms with E-state index in [0.29, 0.717) is 32.4 Å². The predicted molar refractivity (Wildman–Crippen MR) is 129 cm³/mol. The second-order valence-electron chi connectivity index (χ2n) is 8.64. The molecule has 0 unspecified atom stereocenters. The van der Waals surface area contributed by atoms with Gasteiger partial charge in [0.05, 0.1) is 11.6 Å². The largest absolute Gasteiger partial charge is 0.350 e. The Morgan fingerprint density at radius 3 is 2.67 bits per heavy atom. The summed E-state index contributed by atoms with van der Waals surface area (Å²) >= 11 is 0. The number of aryl methyl sites for hydroxylation is 1. The molecule has 3 atom stereocenters. The van der Waals surface area contributed by atoms with Crippen molar-refractivity contribution in [2.24, 2.45) is 11.7 Å². The molecule has 2 heterocycles. The molecule has 3 aromatic rings. The molecular weight excluding hydrogens is 414 g/mol. The van der Waals surface area contributed by atoms with Gasteiger partial charge in [-0.25, -0.2) is 0 Å². The maximum atomic E-state index is 13.1. The van der Waals surface area contributed by atoms with Crippen LogP contribution in [0, 0.1) is 5.92 Å². The van der Waals surface area contributed by atoms with E-state index in [1.807, 2.05) is 60.7 Å². The number of hydrogen-bond acceptors (Lipinski definition) is 5. The summed E-state index contributed by atoms with van der Waals surface area (Å²) in [6.07, 6.45) is 3.68. The van der Waals surface area contributed by atoms with Crippen LogP contribution in [0.3, 0.4) is 0 Å². The number of carbonyl (C=O) groups excluding carboxylic acids is 2. The standard InChI is InChI=1S/C26H31N5O2/c27-14-19-13-24(29-15-19)26(33)31-23(11-10-18-6-2-1-3-7-18)25(32)30-17-20-12-21-8-4-5-9-22(21)28-16-20/h1-9,12,16,19,23-24,29H,10-11,13-15,17,27H2,(H,30,32)(H,31,33)/t19-,23-,24+/m1/s1. The lowest BCUT2D eigenvalue weighted by atomic mass is 10.0. The van der Waals surface area contributed by atoms with E-state index in [0.717, 1.165) is 28.6 Å². The average Bonchev–Trinajstić information content (AvgIpc) is 3.35. The number of benzene rings is 2. The van der Waals surface area contributed by atoms with E-state index in [1.165, 1.54) is 0 Å². The van der Waals surface area contributed by atoms with Crippen molar-refractivity contribution < 1.29 is 9.59 Å². The van der Waals surface area contributed by atoms with Gasteiger partial charge in [-0.3, -0.25) is 14.6 Å². The predicted octanol–water partition coefficient (Wildman–Crippen LogP) is 1.91. The van der Waals surface area contributed by atoms with Crippen LogP contribution in [-0.2, 0) is 22.6 Å². The van der Waals surface area contributed by atoms with E-state index in [1.54, 1.807) is 6.20 Å². The number of aromatic nitrogens is 1. The summed E-state index contributed by atoms with van der Waals surface area (Å²) in [7, 11) is 0. The molecule has 1 fully saturated rings. The SMILES string of the molecule is NC[C@@H]1CN[C@H](C(=O)N[C@H](CCc2ccccc2)C(=O)NCc2cnc3ccccc3c2)C1. The highest BCUT2D eigenvalue weighted by Gasteiger charge is 2.31. The van der Waals surface area contributed by atoms with Crippen LogP contribution in [0.5, 0.6) is 0 Å². The van der Waals surface area contributed by atoms with Crippen LogP contribution in [0.4, 0.5) is 0 Å². The van der Waals surface area contributed by atoms with E-state index in [2.05, 4.69) is 20.9 Å². The smallest absolute Gasteiger partial charge is 0.242 e. The van der Waals surface area contributed by atoms with Crippen molar-refractivity contribution in [2.75, 3.05) is 13.1 Å². The average molecular weight is 446 g/mol. The van der Waals surface area contributed by atoms with E-state index in [4.69, 9.17) is 5.73 Å². The first-order chi connectivity index (χ1) is 16.1. The second-order valence-corrected chi connectivity index (χ2v) is 8.64. The number of nitrogens with zero attached hydrogens (tertiary/aromatic N) is 1. The van der Waals surface area contributed by atoms with Gasteiger partial charge in [0.15, 0.2) is 0 Å². The van der Waals surface area contributed by atoms with E-state index in [-0.39, 0.29) is 23.8 Å². The van der Waals surface area contributed by atoms with Gasteiger partial charge in [-0.05, 0) is 61.5 Å². The molecule has 1 aromatic heterocycles. The molecule has 4 rings (SSSR count). The molecule has 0 bridgehead atoms. The molecule has 0 radical (unpaired) electrons. The quantitative estimate of drug-likeness (QED) is 0.402. The zero-order valence-electron chi connectivity index (χ0n) is 18.7. The summed E-state index contributed by atoms with van der Waals surface area (Å²) in [5.74, 6) is -0.0508. The van der Waals surface area contributed by atoms with Gasteiger partial charge >= 0.3 is 0 Å². The first kappa shape index (κ1) is 22.9. The fourth-order valence-electron chi connectivity index (χ4n) is 4.21. The zero-order chi connectivity index (χ0) is 23.0. The van der Waals surface area contributed by atoms with Crippen molar-refractivity contribution in [1.82, 2.24) is 20.9 Å². The summed E-state index contributed by atoms with van der Waals surface area (Å²) in [5.41, 5.74) is 8.71. The Balaban J connectivity index is 1.40. The summed E-state index contributed by atoms with van der Waals surface area (Å²) in [4.78, 5) is 30.4. The van der Waals surface area contributed by atoms with Gasteiger partial charge in [0, 0.05) is 18.1 Å². The number of amides is 2. The van der Waals surface area contributed by atoms with Crippen molar-refractivity contribution >= 4 is 22.7 Å². The van der Waals surface area contributed by atoms with Crippen molar-refractivity contribution in [3.63, 3.8) is 0 Å². The lowest BCUT2D eigenvalue weighted by Gasteiger charge is -2.21. The third-order valence-corrected chi connectivity index (χ3v) is 6.18. The molecule has 1 aliphatic rings. The van der Waals surface area contributed by atoms with Crippen molar-refractivity contribution in [1.29, 1.82) is 0 Å². The molecular formula is C26H31N5O2. The lowest BCUT2D eigenvalue weighted by Crippen LogP contribution is -2.51. The fraction of sp³-hybridized carbons (Fsp3) is 0.346. The van der Waals surface area contributed by atoms with E-state index >= 15 is 0 Å². The summed E-state index contributed by atoms with van der Waals surface area (Å²) in [6.45, 7) is 1.63. The molecule has 2 aromatic carbocycles. The van der Waals surface area contributed by atoms with Crippen LogP contribution in [-0.4, -0.2) is 42.0 Å². The Labute approximate surface area is 194 Å². The number of nitrogens with two attached hydrogens (primary N) is 1. The van der Waals surface area contributed by atoms with Gasteiger partial charge in [0.1, 0.15) is 6.04 Å². The summed E-state index contributed by atoms with van der Waals surface area (Å²) in [5, 5.41) is 10.2. The number of fused-ring (bicyclic) bond motifs is 1. The third kappa shape index (κ3) is 6.15. The third-order valence-electron chi connectivity index (χ3n) is 6.18. The van der Waals surface area contributed by atoms with Crippen molar-refractivity contribution in [2.45, 2.75) is 37.9 Å². The number of para-hydroxylation sites is 1. The Hall–Kier alpha value is -3.29. The van der Waals surface area contributed by atoms with Crippen LogP contribution in [0.25, 0.3) is 10.9 Å². The van der Waals surface area contributed by atoms with Gasteiger partial charge in [0.25, 0.3) is 0 Å². The minimum absolute atomic E-state index is 0.147. The number of pyridine rings is 1. The van der Waals surface area contributed by atoms with Crippen LogP contribution in [0.2, 0.25) is 0 Å². The highest BCUT2D eigenvalue weighted by Crippen LogP contribution is 2.15. The topological polar surface area (TPSA) is 109 Å². The molecule has 7 nitrogen and oxygen atoms in total.